The Labute approximate surface area is 224 Å². The van der Waals surface area contributed by atoms with Crippen molar-refractivity contribution in [1.29, 1.82) is 0 Å². The Morgan fingerprint density at radius 3 is 1.91 bits per heavy atom. The van der Waals surface area contributed by atoms with Crippen molar-refractivity contribution in [2.75, 3.05) is 31.3 Å². The number of aliphatic hydroxyl groups is 1. The van der Waals surface area contributed by atoms with Gasteiger partial charge in [-0.2, -0.15) is 11.8 Å². The highest BCUT2D eigenvalue weighted by molar-refractivity contribution is 7.99. The average molecular weight is 533 g/mol. The largest absolute Gasteiger partial charge is 0.500 e. The van der Waals surface area contributed by atoms with Crippen molar-refractivity contribution in [3.63, 3.8) is 0 Å². The van der Waals surface area contributed by atoms with Crippen LogP contribution in [-0.2, 0) is 13.3 Å². The Balaban J connectivity index is 3.98. The van der Waals surface area contributed by atoms with Crippen LogP contribution < -0.4 is 0 Å². The number of hydrogen-bond donors (Lipinski definition) is 1. The van der Waals surface area contributed by atoms with Crippen molar-refractivity contribution in [3.05, 3.63) is 11.6 Å². The average Bonchev–Trinajstić information content (AvgIpc) is 2.76. The topological polar surface area (TPSA) is 47.9 Å². The number of hydrogen-bond acceptors (Lipinski definition) is 5. The van der Waals surface area contributed by atoms with E-state index in [2.05, 4.69) is 33.8 Å². The molecule has 0 amide bonds. The van der Waals surface area contributed by atoms with Gasteiger partial charge in [0.25, 0.3) is 0 Å². The van der Waals surface area contributed by atoms with Gasteiger partial charge >= 0.3 is 8.80 Å². The molecule has 0 spiro atoms. The first-order valence-corrected chi connectivity index (χ1v) is 17.5. The maximum Gasteiger partial charge on any atom is 0.500 e. The van der Waals surface area contributed by atoms with Crippen LogP contribution in [0.2, 0.25) is 6.04 Å². The Kier molecular flexibility index (Phi) is 21.2. The van der Waals surface area contributed by atoms with Gasteiger partial charge in [-0.3, -0.25) is 0 Å². The SMILES string of the molecule is CCO[Si](CCCSCCC(C)(O)CCCC(C)CCCC(C)CCC=C(C)C)(OCC)OCC. The Morgan fingerprint density at radius 2 is 1.37 bits per heavy atom. The fourth-order valence-electron chi connectivity index (χ4n) is 4.50. The van der Waals surface area contributed by atoms with Crippen LogP contribution in [0.15, 0.2) is 11.6 Å². The molecule has 35 heavy (non-hydrogen) atoms. The second-order valence-electron chi connectivity index (χ2n) is 10.8. The lowest BCUT2D eigenvalue weighted by Gasteiger charge is -2.28. The zero-order valence-corrected chi connectivity index (χ0v) is 26.4. The zero-order chi connectivity index (χ0) is 26.6. The molecule has 1 N–H and O–H groups in total. The van der Waals surface area contributed by atoms with Crippen LogP contribution in [0, 0.1) is 11.8 Å². The predicted molar refractivity (Wildman–Crippen MR) is 157 cm³/mol. The van der Waals surface area contributed by atoms with Gasteiger partial charge in [-0.05, 0) is 97.0 Å². The summed E-state index contributed by atoms with van der Waals surface area (Å²) in [5.74, 6) is 3.64. The van der Waals surface area contributed by atoms with Crippen molar-refractivity contribution in [1.82, 2.24) is 0 Å². The number of thioether (sulfide) groups is 1. The standard InChI is InChI=1S/C29H60O4SSi/c1-9-31-35(32-10-2,33-11-3)25-15-23-34-24-22-29(8,30)21-14-20-28(7)19-13-18-27(6)17-12-16-26(4)5/h16,27-28,30H,9-15,17-25H2,1-8H3. The lowest BCUT2D eigenvalue weighted by molar-refractivity contribution is 0.0444. The summed E-state index contributed by atoms with van der Waals surface area (Å²) in [5.41, 5.74) is 0.887. The fraction of sp³-hybridized carbons (Fsp3) is 0.931. The maximum absolute atomic E-state index is 10.8. The lowest BCUT2D eigenvalue weighted by Crippen LogP contribution is -2.46. The van der Waals surface area contributed by atoms with Crippen LogP contribution >= 0.6 is 11.8 Å². The molecule has 0 saturated heterocycles. The molecule has 210 valence electrons. The van der Waals surface area contributed by atoms with E-state index in [9.17, 15) is 5.11 Å². The Morgan fingerprint density at radius 1 is 0.829 bits per heavy atom. The molecular weight excluding hydrogens is 472 g/mol. The molecule has 4 nitrogen and oxygen atoms in total. The van der Waals surface area contributed by atoms with Crippen LogP contribution in [0.4, 0.5) is 0 Å². The molecule has 0 bridgehead atoms. The minimum absolute atomic E-state index is 0.549. The van der Waals surface area contributed by atoms with E-state index in [1.54, 1.807) is 0 Å². The van der Waals surface area contributed by atoms with Gasteiger partial charge < -0.3 is 18.4 Å². The van der Waals surface area contributed by atoms with Crippen molar-refractivity contribution >= 4 is 20.6 Å². The lowest BCUT2D eigenvalue weighted by atomic mass is 9.90. The second-order valence-corrected chi connectivity index (χ2v) is 14.8. The van der Waals surface area contributed by atoms with E-state index in [4.69, 9.17) is 13.3 Å². The molecule has 0 aromatic rings. The Bertz CT molecular complexity index is 506. The van der Waals surface area contributed by atoms with E-state index in [-0.39, 0.29) is 0 Å². The summed E-state index contributed by atoms with van der Waals surface area (Å²) in [6.07, 6.45) is 14.1. The second kappa shape index (κ2) is 21.1. The van der Waals surface area contributed by atoms with Gasteiger partial charge in [0.05, 0.1) is 5.60 Å². The van der Waals surface area contributed by atoms with E-state index < -0.39 is 14.4 Å². The molecule has 0 aliphatic heterocycles. The summed E-state index contributed by atoms with van der Waals surface area (Å²) in [6.45, 7) is 19.1. The summed E-state index contributed by atoms with van der Waals surface area (Å²) in [4.78, 5) is 0. The highest BCUT2D eigenvalue weighted by atomic mass is 32.2. The molecule has 3 unspecified atom stereocenters. The maximum atomic E-state index is 10.8. The molecule has 6 heteroatoms. The molecule has 0 saturated carbocycles. The summed E-state index contributed by atoms with van der Waals surface area (Å²) in [5, 5.41) is 10.8. The quantitative estimate of drug-likeness (QED) is 0.0765. The molecule has 0 radical (unpaired) electrons. The number of rotatable bonds is 24. The molecule has 0 aromatic carbocycles. The summed E-state index contributed by atoms with van der Waals surface area (Å²) in [6, 6.07) is 0.873. The van der Waals surface area contributed by atoms with Crippen LogP contribution in [0.3, 0.4) is 0 Å². The monoisotopic (exact) mass is 532 g/mol. The van der Waals surface area contributed by atoms with Gasteiger partial charge in [-0.25, -0.2) is 0 Å². The van der Waals surface area contributed by atoms with E-state index >= 15 is 0 Å². The molecule has 0 fully saturated rings. The Hall–Kier alpha value is 0.147. The van der Waals surface area contributed by atoms with Gasteiger partial charge in [-0.1, -0.05) is 57.6 Å². The van der Waals surface area contributed by atoms with Crippen molar-refractivity contribution in [3.8, 4) is 0 Å². The van der Waals surface area contributed by atoms with Gasteiger partial charge in [0.15, 0.2) is 0 Å². The van der Waals surface area contributed by atoms with Crippen LogP contribution in [0.1, 0.15) is 120 Å². The van der Waals surface area contributed by atoms with Gasteiger partial charge in [0, 0.05) is 25.9 Å². The van der Waals surface area contributed by atoms with Gasteiger partial charge in [-0.15, -0.1) is 0 Å². The zero-order valence-electron chi connectivity index (χ0n) is 24.6. The van der Waals surface area contributed by atoms with Gasteiger partial charge in [0.2, 0.25) is 0 Å². The molecule has 0 rings (SSSR count). The van der Waals surface area contributed by atoms with Crippen molar-refractivity contribution in [2.45, 2.75) is 131 Å². The first-order chi connectivity index (χ1) is 16.6. The minimum atomic E-state index is -2.51. The molecule has 0 aromatic heterocycles. The highest BCUT2D eigenvalue weighted by Gasteiger charge is 2.39. The van der Waals surface area contributed by atoms with Crippen molar-refractivity contribution < 1.29 is 18.4 Å². The van der Waals surface area contributed by atoms with Crippen LogP contribution in [0.25, 0.3) is 0 Å². The molecular formula is C29H60O4SSi. The molecule has 0 heterocycles. The third-order valence-electron chi connectivity index (χ3n) is 6.67. The first-order valence-electron chi connectivity index (χ1n) is 14.4. The van der Waals surface area contributed by atoms with Crippen molar-refractivity contribution in [2.24, 2.45) is 11.8 Å². The minimum Gasteiger partial charge on any atom is -0.390 e. The summed E-state index contributed by atoms with van der Waals surface area (Å²) < 4.78 is 17.8. The van der Waals surface area contributed by atoms with Crippen LogP contribution in [-0.4, -0.2) is 50.8 Å². The smallest absolute Gasteiger partial charge is 0.390 e. The van der Waals surface area contributed by atoms with E-state index in [0.717, 1.165) is 55.1 Å². The molecule has 0 aliphatic rings. The first kappa shape index (κ1) is 35.1. The third-order valence-corrected chi connectivity index (χ3v) is 10.9. The van der Waals surface area contributed by atoms with E-state index in [1.165, 1.54) is 44.1 Å². The normalized spacial score (nSPS) is 15.6. The predicted octanol–water partition coefficient (Wildman–Crippen LogP) is 8.66. The summed E-state index contributed by atoms with van der Waals surface area (Å²) >= 11 is 1.93. The fourth-order valence-corrected chi connectivity index (χ4v) is 8.51. The molecule has 3 atom stereocenters. The summed E-state index contributed by atoms with van der Waals surface area (Å²) in [7, 11) is -2.51. The van der Waals surface area contributed by atoms with Crippen LogP contribution in [0.5, 0.6) is 0 Å². The van der Waals surface area contributed by atoms with E-state index in [0.29, 0.717) is 19.8 Å². The third kappa shape index (κ3) is 19.9. The van der Waals surface area contributed by atoms with E-state index in [1.807, 2.05) is 39.5 Å². The highest BCUT2D eigenvalue weighted by Crippen LogP contribution is 2.26. The van der Waals surface area contributed by atoms with Gasteiger partial charge in [0.1, 0.15) is 0 Å². The molecule has 0 aliphatic carbocycles. The number of allylic oxidation sites excluding steroid dienone is 2.